The van der Waals surface area contributed by atoms with Crippen LogP contribution in [0.2, 0.25) is 0 Å². The van der Waals surface area contributed by atoms with Gasteiger partial charge in [0.2, 0.25) is 0 Å². The van der Waals surface area contributed by atoms with Gasteiger partial charge in [0.1, 0.15) is 17.8 Å². The molecule has 0 saturated carbocycles. The normalized spacial score (nSPS) is 10.1. The van der Waals surface area contributed by atoms with Crippen LogP contribution in [0.1, 0.15) is 11.4 Å². The van der Waals surface area contributed by atoms with Crippen molar-refractivity contribution in [1.82, 2.24) is 15.0 Å². The van der Waals surface area contributed by atoms with Gasteiger partial charge in [-0.25, -0.2) is 9.97 Å². The number of H-pyrrole nitrogens is 1. The number of nitrogens with one attached hydrogen (secondary N) is 2. The van der Waals surface area contributed by atoms with Crippen LogP contribution in [0.5, 0.6) is 0 Å². The second-order valence-corrected chi connectivity index (χ2v) is 4.95. The molecule has 0 fully saturated rings. The lowest BCUT2D eigenvalue weighted by atomic mass is 10.1. The molecule has 0 aliphatic carbocycles. The Balaban J connectivity index is 1.68. The quantitative estimate of drug-likeness (QED) is 0.551. The van der Waals surface area contributed by atoms with Gasteiger partial charge in [-0.1, -0.05) is 12.1 Å². The van der Waals surface area contributed by atoms with Crippen LogP contribution < -0.4 is 5.32 Å². The average Bonchev–Trinajstić information content (AvgIpc) is 3.09. The van der Waals surface area contributed by atoms with E-state index in [0.717, 1.165) is 11.3 Å². The van der Waals surface area contributed by atoms with Crippen LogP contribution in [0.3, 0.4) is 0 Å². The van der Waals surface area contributed by atoms with Gasteiger partial charge in [-0.2, -0.15) is 5.26 Å². The highest BCUT2D eigenvalue weighted by atomic mass is 16.6. The minimum atomic E-state index is -0.495. The Bertz CT molecular complexity index is 911. The van der Waals surface area contributed by atoms with Gasteiger partial charge in [-0.3, -0.25) is 10.1 Å². The maximum atomic E-state index is 10.6. The fourth-order valence-corrected chi connectivity index (χ4v) is 2.13. The molecule has 0 bridgehead atoms. The first-order valence-corrected chi connectivity index (χ1v) is 7.04. The number of aromatic nitrogens is 3. The lowest BCUT2D eigenvalue weighted by Gasteiger charge is -2.03. The Hall–Kier alpha value is -3.73. The molecular formula is C16H12N6O2. The van der Waals surface area contributed by atoms with Crippen LogP contribution in [0.4, 0.5) is 11.5 Å². The second kappa shape index (κ2) is 6.58. The third-order valence-corrected chi connectivity index (χ3v) is 3.33. The first-order valence-electron chi connectivity index (χ1n) is 7.04. The van der Waals surface area contributed by atoms with E-state index in [-0.39, 0.29) is 5.69 Å². The number of nitrogens with zero attached hydrogens (tertiary/aromatic N) is 4. The molecule has 0 saturated heterocycles. The molecule has 24 heavy (non-hydrogen) atoms. The third-order valence-electron chi connectivity index (χ3n) is 3.33. The second-order valence-electron chi connectivity index (χ2n) is 4.95. The lowest BCUT2D eigenvalue weighted by Crippen LogP contribution is -2.03. The summed E-state index contributed by atoms with van der Waals surface area (Å²) in [4.78, 5) is 21.5. The highest BCUT2D eigenvalue weighted by Gasteiger charge is 2.07. The first kappa shape index (κ1) is 15.2. The maximum absolute atomic E-state index is 10.6. The average molecular weight is 320 g/mol. The molecule has 0 amide bonds. The van der Waals surface area contributed by atoms with E-state index >= 15 is 0 Å². The fourth-order valence-electron chi connectivity index (χ4n) is 2.13. The number of nitriles is 1. The summed E-state index contributed by atoms with van der Waals surface area (Å²) in [5.41, 5.74) is 2.21. The molecule has 3 rings (SSSR count). The largest absolute Gasteiger partial charge is 0.363 e. The Kier molecular flexibility index (Phi) is 4.16. The summed E-state index contributed by atoms with van der Waals surface area (Å²) in [5, 5.41) is 22.6. The van der Waals surface area contributed by atoms with Crippen LogP contribution in [-0.4, -0.2) is 19.9 Å². The topological polar surface area (TPSA) is 121 Å². The predicted octanol–water partition coefficient (Wildman–Crippen LogP) is 2.86. The van der Waals surface area contributed by atoms with Gasteiger partial charge in [-0.15, -0.1) is 0 Å². The third kappa shape index (κ3) is 3.36. The van der Waals surface area contributed by atoms with Crippen molar-refractivity contribution < 1.29 is 4.92 Å². The van der Waals surface area contributed by atoms with Crippen molar-refractivity contribution in [3.05, 3.63) is 70.3 Å². The van der Waals surface area contributed by atoms with Gasteiger partial charge in [0.05, 0.1) is 35.0 Å². The molecule has 2 aromatic heterocycles. The van der Waals surface area contributed by atoms with Crippen LogP contribution in [-0.2, 0) is 6.54 Å². The molecule has 0 spiro atoms. The Morgan fingerprint density at radius 2 is 2.12 bits per heavy atom. The van der Waals surface area contributed by atoms with E-state index in [1.54, 1.807) is 24.4 Å². The van der Waals surface area contributed by atoms with Crippen molar-refractivity contribution in [3.8, 4) is 17.3 Å². The zero-order valence-electron chi connectivity index (χ0n) is 12.4. The molecule has 2 heterocycles. The number of aromatic amines is 1. The molecule has 8 heteroatoms. The van der Waals surface area contributed by atoms with Gasteiger partial charge in [0, 0.05) is 11.6 Å². The molecule has 8 nitrogen and oxygen atoms in total. The summed E-state index contributed by atoms with van der Waals surface area (Å²) in [6.45, 7) is 0.392. The minimum Gasteiger partial charge on any atom is -0.363 e. The Morgan fingerprint density at radius 1 is 1.25 bits per heavy atom. The standard InChI is InChI=1S/C16H12N6O2/c17-7-11-2-1-3-12(6-11)14-9-19-16(21-14)10-20-15-5-4-13(8-18-15)22(23)24/h1-6,8-9H,10H2,(H,18,20)(H,19,21). The number of imidazole rings is 1. The fraction of sp³-hybridized carbons (Fsp3) is 0.0625. The number of benzene rings is 1. The van der Waals surface area contributed by atoms with E-state index in [9.17, 15) is 10.1 Å². The van der Waals surface area contributed by atoms with Crippen molar-refractivity contribution in [2.75, 3.05) is 5.32 Å². The summed E-state index contributed by atoms with van der Waals surface area (Å²) >= 11 is 0. The van der Waals surface area contributed by atoms with E-state index < -0.39 is 4.92 Å². The number of rotatable bonds is 5. The van der Waals surface area contributed by atoms with E-state index in [1.165, 1.54) is 12.3 Å². The lowest BCUT2D eigenvalue weighted by molar-refractivity contribution is -0.385. The van der Waals surface area contributed by atoms with Gasteiger partial charge < -0.3 is 10.3 Å². The molecule has 0 unspecified atom stereocenters. The van der Waals surface area contributed by atoms with Crippen molar-refractivity contribution >= 4 is 11.5 Å². The number of hydrogen-bond donors (Lipinski definition) is 2. The first-order chi connectivity index (χ1) is 11.7. The molecule has 0 radical (unpaired) electrons. The van der Waals surface area contributed by atoms with Crippen molar-refractivity contribution in [1.29, 1.82) is 5.26 Å². The van der Waals surface area contributed by atoms with Crippen LogP contribution in [0.25, 0.3) is 11.3 Å². The minimum absolute atomic E-state index is 0.0572. The highest BCUT2D eigenvalue weighted by molar-refractivity contribution is 5.60. The molecular weight excluding hydrogens is 308 g/mol. The van der Waals surface area contributed by atoms with E-state index in [1.807, 2.05) is 12.1 Å². The SMILES string of the molecule is N#Cc1cccc(-c2cnc(CNc3ccc([N+](=O)[O-])cn3)[nH]2)c1. The van der Waals surface area contributed by atoms with Crippen LogP contribution in [0, 0.1) is 21.4 Å². The molecule has 3 aromatic rings. The van der Waals surface area contributed by atoms with Crippen LogP contribution >= 0.6 is 0 Å². The number of anilines is 1. The van der Waals surface area contributed by atoms with Gasteiger partial charge in [0.25, 0.3) is 5.69 Å². The molecule has 118 valence electrons. The van der Waals surface area contributed by atoms with Gasteiger partial charge >= 0.3 is 0 Å². The molecule has 0 aliphatic heterocycles. The molecule has 2 N–H and O–H groups in total. The molecule has 0 aliphatic rings. The zero-order valence-corrected chi connectivity index (χ0v) is 12.4. The Morgan fingerprint density at radius 3 is 2.83 bits per heavy atom. The maximum Gasteiger partial charge on any atom is 0.287 e. The van der Waals surface area contributed by atoms with Gasteiger partial charge in [-0.05, 0) is 18.2 Å². The smallest absolute Gasteiger partial charge is 0.287 e. The number of nitro groups is 1. The van der Waals surface area contributed by atoms with Crippen molar-refractivity contribution in [2.45, 2.75) is 6.54 Å². The number of pyridine rings is 1. The van der Waals surface area contributed by atoms with Crippen LogP contribution in [0.15, 0.2) is 48.8 Å². The Labute approximate surface area is 137 Å². The number of hydrogen-bond acceptors (Lipinski definition) is 6. The summed E-state index contributed by atoms with van der Waals surface area (Å²) in [6, 6.07) is 12.2. The van der Waals surface area contributed by atoms with E-state index in [2.05, 4.69) is 26.3 Å². The summed E-state index contributed by atoms with van der Waals surface area (Å²) in [5.74, 6) is 1.21. The summed E-state index contributed by atoms with van der Waals surface area (Å²) in [7, 11) is 0. The van der Waals surface area contributed by atoms with Crippen molar-refractivity contribution in [3.63, 3.8) is 0 Å². The summed E-state index contributed by atoms with van der Waals surface area (Å²) in [6.07, 6.45) is 2.89. The van der Waals surface area contributed by atoms with E-state index in [4.69, 9.17) is 5.26 Å². The van der Waals surface area contributed by atoms with Gasteiger partial charge in [0.15, 0.2) is 0 Å². The van der Waals surface area contributed by atoms with E-state index in [0.29, 0.717) is 23.8 Å². The highest BCUT2D eigenvalue weighted by Crippen LogP contribution is 2.18. The zero-order chi connectivity index (χ0) is 16.9. The monoisotopic (exact) mass is 320 g/mol. The predicted molar refractivity (Wildman–Crippen MR) is 87.0 cm³/mol. The molecule has 1 aromatic carbocycles. The summed E-state index contributed by atoms with van der Waals surface area (Å²) < 4.78 is 0. The van der Waals surface area contributed by atoms with Crippen molar-refractivity contribution in [2.24, 2.45) is 0 Å². The molecule has 0 atom stereocenters.